The van der Waals surface area contributed by atoms with Crippen molar-refractivity contribution in [1.82, 2.24) is 14.9 Å². The smallest absolute Gasteiger partial charge is 0.323 e. The number of thiophene rings is 1. The zero-order valence-corrected chi connectivity index (χ0v) is 21.2. The average Bonchev–Trinajstić information content (AvgIpc) is 3.13. The fraction of sp³-hybridized carbons (Fsp3) is 0.364. The zero-order chi connectivity index (χ0) is 24.0. The molecule has 5 rings (SSSR count). The van der Waals surface area contributed by atoms with Crippen LogP contribution >= 0.6 is 34.7 Å². The zero-order valence-electron chi connectivity index (χ0n) is 18.0. The van der Waals surface area contributed by atoms with Gasteiger partial charge < -0.3 is 10.2 Å². The Kier molecular flexibility index (Phi) is 6.66. The third-order valence-electron chi connectivity index (χ3n) is 5.67. The van der Waals surface area contributed by atoms with E-state index in [1.54, 1.807) is 6.07 Å². The van der Waals surface area contributed by atoms with Gasteiger partial charge in [0.05, 0.1) is 32.1 Å². The van der Waals surface area contributed by atoms with Crippen LogP contribution in [0.4, 0.5) is 24.8 Å². The summed E-state index contributed by atoms with van der Waals surface area (Å²) in [5.41, 5.74) is 1.66. The number of aromatic nitrogens is 2. The molecule has 0 saturated carbocycles. The van der Waals surface area contributed by atoms with E-state index >= 15 is 0 Å². The Morgan fingerprint density at radius 2 is 2.06 bits per heavy atom. The van der Waals surface area contributed by atoms with E-state index in [0.29, 0.717) is 25.5 Å². The van der Waals surface area contributed by atoms with Gasteiger partial charge in [0.1, 0.15) is 9.77 Å². The quantitative estimate of drug-likeness (QED) is 0.423. The lowest BCUT2D eigenvalue weighted by Crippen LogP contribution is -2.26. The van der Waals surface area contributed by atoms with Crippen LogP contribution < -0.4 is 5.32 Å². The van der Waals surface area contributed by atoms with Crippen molar-refractivity contribution in [1.29, 1.82) is 0 Å². The van der Waals surface area contributed by atoms with Gasteiger partial charge in [-0.3, -0.25) is 4.21 Å². The number of halogens is 4. The molecule has 180 valence electrons. The van der Waals surface area contributed by atoms with Gasteiger partial charge in [-0.2, -0.15) is 13.2 Å². The summed E-state index contributed by atoms with van der Waals surface area (Å²) in [5.74, 6) is 1.31. The summed E-state index contributed by atoms with van der Waals surface area (Å²) in [6, 6.07) is 5.46. The third kappa shape index (κ3) is 4.86. The van der Waals surface area contributed by atoms with Gasteiger partial charge in [0.2, 0.25) is 5.95 Å². The van der Waals surface area contributed by atoms with Crippen molar-refractivity contribution in [3.63, 3.8) is 0 Å². The van der Waals surface area contributed by atoms with E-state index in [2.05, 4.69) is 20.2 Å². The first-order chi connectivity index (χ1) is 16.2. The molecule has 1 atom stereocenters. The van der Waals surface area contributed by atoms with E-state index < -0.39 is 22.5 Å². The van der Waals surface area contributed by atoms with Gasteiger partial charge in [-0.25, -0.2) is 9.97 Å². The largest absolute Gasteiger partial charge is 0.420 e. The van der Waals surface area contributed by atoms with Crippen LogP contribution in [-0.2, 0) is 29.9 Å². The van der Waals surface area contributed by atoms with Gasteiger partial charge in [0.25, 0.3) is 0 Å². The fourth-order valence-electron chi connectivity index (χ4n) is 3.97. The highest BCUT2D eigenvalue weighted by molar-refractivity contribution is 8.00. The molecule has 1 unspecified atom stereocenters. The standard InChI is InChI=1S/C22H20ClF3N4OS3/c1-30-4-3-12-8-16(15(23)7-13(12)11-30)28-21-27-10-14(22(24,25)26)19(29-21)17-9-18-20(33-17)34(31)6-2-5-32-18/h7-10H,2-6,11H2,1H3,(H,27,28,29). The van der Waals surface area contributed by atoms with Crippen LogP contribution in [0.25, 0.3) is 10.6 Å². The maximum absolute atomic E-state index is 13.8. The van der Waals surface area contributed by atoms with E-state index in [-0.39, 0.29) is 11.6 Å². The molecule has 4 heterocycles. The summed E-state index contributed by atoms with van der Waals surface area (Å²) in [4.78, 5) is 11.5. The Labute approximate surface area is 210 Å². The van der Waals surface area contributed by atoms with Crippen molar-refractivity contribution < 1.29 is 17.4 Å². The number of alkyl halides is 3. The molecular weight excluding hydrogens is 525 g/mol. The first-order valence-electron chi connectivity index (χ1n) is 10.6. The Morgan fingerprint density at radius 1 is 1.24 bits per heavy atom. The predicted molar refractivity (Wildman–Crippen MR) is 132 cm³/mol. The molecule has 2 aromatic heterocycles. The number of benzene rings is 1. The minimum absolute atomic E-state index is 0.0233. The van der Waals surface area contributed by atoms with E-state index in [1.807, 2.05) is 19.2 Å². The molecule has 2 aliphatic heterocycles. The molecule has 5 nitrogen and oxygen atoms in total. The van der Waals surface area contributed by atoms with Crippen LogP contribution in [0.5, 0.6) is 0 Å². The monoisotopic (exact) mass is 544 g/mol. The lowest BCUT2D eigenvalue weighted by molar-refractivity contribution is -0.137. The van der Waals surface area contributed by atoms with Crippen LogP contribution in [0.2, 0.25) is 5.02 Å². The van der Waals surface area contributed by atoms with Crippen molar-refractivity contribution in [2.75, 3.05) is 30.4 Å². The Bertz CT molecular complexity index is 1280. The van der Waals surface area contributed by atoms with Gasteiger partial charge in [-0.15, -0.1) is 23.1 Å². The predicted octanol–water partition coefficient (Wildman–Crippen LogP) is 6.21. The molecule has 1 N–H and O–H groups in total. The van der Waals surface area contributed by atoms with Crippen molar-refractivity contribution in [3.05, 3.63) is 46.1 Å². The van der Waals surface area contributed by atoms with Gasteiger partial charge in [-0.05, 0) is 55.0 Å². The summed E-state index contributed by atoms with van der Waals surface area (Å²) < 4.78 is 54.6. The molecule has 2 aliphatic rings. The number of thioether (sulfide) groups is 1. The molecule has 3 aromatic rings. The second-order valence-corrected chi connectivity index (χ2v) is 12.5. The number of hydrogen-bond donors (Lipinski definition) is 1. The molecule has 12 heteroatoms. The van der Waals surface area contributed by atoms with Gasteiger partial charge in [0, 0.05) is 29.9 Å². The van der Waals surface area contributed by atoms with Crippen LogP contribution in [0.1, 0.15) is 23.1 Å². The summed E-state index contributed by atoms with van der Waals surface area (Å²) >= 11 is 9.10. The van der Waals surface area contributed by atoms with Crippen LogP contribution in [0.3, 0.4) is 0 Å². The maximum Gasteiger partial charge on any atom is 0.420 e. The molecule has 1 aromatic carbocycles. The van der Waals surface area contributed by atoms with Gasteiger partial charge in [0.15, 0.2) is 0 Å². The number of nitrogens with zero attached hydrogens (tertiary/aromatic N) is 3. The number of likely N-dealkylation sites (N-methyl/N-ethyl adjacent to an activating group) is 1. The molecule has 0 spiro atoms. The molecule has 0 bridgehead atoms. The highest BCUT2D eigenvalue weighted by Gasteiger charge is 2.36. The van der Waals surface area contributed by atoms with Crippen molar-refractivity contribution in [3.8, 4) is 10.6 Å². The van der Waals surface area contributed by atoms with Gasteiger partial charge in [-0.1, -0.05) is 11.6 Å². The van der Waals surface area contributed by atoms with Crippen LogP contribution in [0, 0.1) is 0 Å². The van der Waals surface area contributed by atoms with Crippen molar-refractivity contribution >= 4 is 57.1 Å². The van der Waals surface area contributed by atoms with Crippen LogP contribution in [-0.4, -0.2) is 44.2 Å². The van der Waals surface area contributed by atoms with E-state index in [1.165, 1.54) is 11.8 Å². The minimum Gasteiger partial charge on any atom is -0.323 e. The normalized spacial score (nSPS) is 18.8. The number of rotatable bonds is 3. The number of fused-ring (bicyclic) bond motifs is 2. The van der Waals surface area contributed by atoms with Gasteiger partial charge >= 0.3 is 6.18 Å². The molecule has 0 fully saturated rings. The average molecular weight is 545 g/mol. The number of hydrogen-bond acceptors (Lipinski definition) is 7. The Hall–Kier alpha value is -1.66. The molecule has 0 radical (unpaired) electrons. The molecular formula is C22H20ClF3N4OS3. The summed E-state index contributed by atoms with van der Waals surface area (Å²) in [7, 11) is 0.820. The summed E-state index contributed by atoms with van der Waals surface area (Å²) in [6.45, 7) is 1.70. The maximum atomic E-state index is 13.8. The third-order valence-corrected chi connectivity index (χ3v) is 10.4. The first kappa shape index (κ1) is 24.1. The second-order valence-electron chi connectivity index (χ2n) is 8.18. The lowest BCUT2D eigenvalue weighted by Gasteiger charge is -2.26. The van der Waals surface area contributed by atoms with Crippen molar-refractivity contribution in [2.24, 2.45) is 0 Å². The Morgan fingerprint density at radius 3 is 2.85 bits per heavy atom. The SMILES string of the molecule is CN1CCc2cc(Nc3ncc(C(F)(F)F)c(-c4cc5c(s4)S(=O)CCCS5)n3)c(Cl)cc2C1. The molecule has 0 saturated heterocycles. The van der Waals surface area contributed by atoms with E-state index in [4.69, 9.17) is 11.6 Å². The topological polar surface area (TPSA) is 58.1 Å². The van der Waals surface area contributed by atoms with E-state index in [9.17, 15) is 17.4 Å². The minimum atomic E-state index is -4.63. The molecule has 34 heavy (non-hydrogen) atoms. The number of anilines is 2. The highest BCUT2D eigenvalue weighted by Crippen LogP contribution is 2.44. The molecule has 0 amide bonds. The summed E-state index contributed by atoms with van der Waals surface area (Å²) in [6.07, 6.45) is -2.18. The van der Waals surface area contributed by atoms with Crippen molar-refractivity contribution in [2.45, 2.75) is 34.7 Å². The first-order valence-corrected chi connectivity index (χ1v) is 14.1. The van der Waals surface area contributed by atoms with E-state index in [0.717, 1.165) is 65.2 Å². The summed E-state index contributed by atoms with van der Waals surface area (Å²) in [5, 5.41) is 3.46. The lowest BCUT2D eigenvalue weighted by atomic mass is 9.99. The highest BCUT2D eigenvalue weighted by atomic mass is 35.5. The molecule has 0 aliphatic carbocycles. The number of nitrogens with one attached hydrogen (secondary N) is 1. The fourth-order valence-corrected chi connectivity index (χ4v) is 8.60. The Balaban J connectivity index is 1.53. The second kappa shape index (κ2) is 9.42. The van der Waals surface area contributed by atoms with Crippen LogP contribution in [0.15, 0.2) is 33.5 Å².